The van der Waals surface area contributed by atoms with Crippen LogP contribution >= 0.6 is 0 Å². The molecule has 0 amide bonds. The van der Waals surface area contributed by atoms with Crippen molar-refractivity contribution in [3.63, 3.8) is 0 Å². The van der Waals surface area contributed by atoms with Crippen LogP contribution in [0.3, 0.4) is 0 Å². The molecule has 0 radical (unpaired) electrons. The van der Waals surface area contributed by atoms with E-state index in [-0.39, 0.29) is 23.9 Å². The van der Waals surface area contributed by atoms with Gasteiger partial charge in [-0.05, 0) is 5.92 Å². The predicted molar refractivity (Wildman–Crippen MR) is 55.1 cm³/mol. The van der Waals surface area contributed by atoms with Crippen LogP contribution in [0.2, 0.25) is 0 Å². The minimum Gasteiger partial charge on any atom is -0.381 e. The van der Waals surface area contributed by atoms with Gasteiger partial charge in [-0.1, -0.05) is 27.7 Å². The first-order chi connectivity index (χ1) is 6.45. The first kappa shape index (κ1) is 13.3. The van der Waals surface area contributed by atoms with Gasteiger partial charge < -0.3 is 4.74 Å². The number of ether oxygens (including phenoxy) is 1. The van der Waals surface area contributed by atoms with Crippen molar-refractivity contribution in [2.24, 2.45) is 11.8 Å². The monoisotopic (exact) mass is 200 g/mol. The molecule has 14 heavy (non-hydrogen) atoms. The Bertz CT molecular complexity index is 195. The van der Waals surface area contributed by atoms with Crippen molar-refractivity contribution in [3.05, 3.63) is 0 Å². The van der Waals surface area contributed by atoms with Crippen molar-refractivity contribution in [3.8, 4) is 0 Å². The summed E-state index contributed by atoms with van der Waals surface area (Å²) in [6, 6.07) is 0. The van der Waals surface area contributed by atoms with Gasteiger partial charge in [0, 0.05) is 18.9 Å². The molecule has 0 heterocycles. The Morgan fingerprint density at radius 1 is 1.14 bits per heavy atom. The zero-order chi connectivity index (χ0) is 11.1. The molecule has 0 aromatic rings. The van der Waals surface area contributed by atoms with Crippen molar-refractivity contribution in [1.29, 1.82) is 0 Å². The molecular weight excluding hydrogens is 180 g/mol. The number of rotatable bonds is 7. The Morgan fingerprint density at radius 2 is 1.71 bits per heavy atom. The molecule has 3 heteroatoms. The van der Waals surface area contributed by atoms with Gasteiger partial charge in [0.05, 0.1) is 6.61 Å². The summed E-state index contributed by atoms with van der Waals surface area (Å²) in [5, 5.41) is 0. The fourth-order valence-electron chi connectivity index (χ4n) is 0.929. The number of hydrogen-bond donors (Lipinski definition) is 0. The number of Topliss-reactive ketones (excluding diaryl/α,β-unsaturated/α-hetero) is 2. The van der Waals surface area contributed by atoms with Crippen molar-refractivity contribution in [2.45, 2.75) is 34.1 Å². The molecule has 0 N–H and O–H groups in total. The lowest BCUT2D eigenvalue weighted by atomic mass is 10.0. The number of carbonyl (C=O) groups excluding carboxylic acids is 2. The lowest BCUT2D eigenvalue weighted by Gasteiger charge is -2.06. The fraction of sp³-hybridized carbons (Fsp3) is 0.818. The van der Waals surface area contributed by atoms with E-state index in [2.05, 4.69) is 0 Å². The lowest BCUT2D eigenvalue weighted by Crippen LogP contribution is -2.21. The maximum Gasteiger partial charge on any atom is 0.200 e. The van der Waals surface area contributed by atoms with Crippen LogP contribution in [0.15, 0.2) is 0 Å². The number of ketones is 2. The SMILES string of the molecule is CC(C)COCCC(=O)C(=O)C(C)C. The molecule has 82 valence electrons. The third kappa shape index (κ3) is 5.86. The highest BCUT2D eigenvalue weighted by molar-refractivity contribution is 6.37. The summed E-state index contributed by atoms with van der Waals surface area (Å²) >= 11 is 0. The lowest BCUT2D eigenvalue weighted by molar-refractivity contribution is -0.139. The summed E-state index contributed by atoms with van der Waals surface area (Å²) in [4.78, 5) is 22.4. The average molecular weight is 200 g/mol. The predicted octanol–water partition coefficient (Wildman–Crippen LogP) is 1.84. The van der Waals surface area contributed by atoms with Gasteiger partial charge in [0.2, 0.25) is 11.6 Å². The van der Waals surface area contributed by atoms with Crippen molar-refractivity contribution < 1.29 is 14.3 Å². The molecule has 0 atom stereocenters. The van der Waals surface area contributed by atoms with E-state index < -0.39 is 0 Å². The molecule has 0 bridgehead atoms. The Labute approximate surface area is 85.8 Å². The summed E-state index contributed by atoms with van der Waals surface area (Å²) < 4.78 is 5.22. The van der Waals surface area contributed by atoms with E-state index in [0.29, 0.717) is 19.1 Å². The van der Waals surface area contributed by atoms with Gasteiger partial charge in [-0.25, -0.2) is 0 Å². The highest BCUT2D eigenvalue weighted by Gasteiger charge is 2.16. The van der Waals surface area contributed by atoms with E-state index in [1.165, 1.54) is 0 Å². The average Bonchev–Trinajstić information content (AvgIpc) is 2.10. The van der Waals surface area contributed by atoms with E-state index in [0.717, 1.165) is 0 Å². The molecule has 0 fully saturated rings. The topological polar surface area (TPSA) is 43.4 Å². The van der Waals surface area contributed by atoms with Crippen LogP contribution in [0.1, 0.15) is 34.1 Å². The van der Waals surface area contributed by atoms with Gasteiger partial charge in [-0.3, -0.25) is 9.59 Å². The fourth-order valence-corrected chi connectivity index (χ4v) is 0.929. The number of hydrogen-bond acceptors (Lipinski definition) is 3. The van der Waals surface area contributed by atoms with Crippen LogP contribution in [0.4, 0.5) is 0 Å². The van der Waals surface area contributed by atoms with Gasteiger partial charge in [0.1, 0.15) is 0 Å². The van der Waals surface area contributed by atoms with E-state index in [1.807, 2.05) is 13.8 Å². The summed E-state index contributed by atoms with van der Waals surface area (Å²) in [5.41, 5.74) is 0. The van der Waals surface area contributed by atoms with Gasteiger partial charge in [-0.2, -0.15) is 0 Å². The molecule has 0 aliphatic rings. The zero-order valence-electron chi connectivity index (χ0n) is 9.50. The molecular formula is C11H20O3. The minimum atomic E-state index is -0.316. The summed E-state index contributed by atoms with van der Waals surface area (Å²) in [5.74, 6) is -0.347. The van der Waals surface area contributed by atoms with E-state index >= 15 is 0 Å². The Kier molecular flexibility index (Phi) is 6.37. The maximum absolute atomic E-state index is 11.2. The largest absolute Gasteiger partial charge is 0.381 e. The molecule has 3 nitrogen and oxygen atoms in total. The maximum atomic E-state index is 11.2. The Balaban J connectivity index is 3.60. The second-order valence-corrected chi connectivity index (χ2v) is 4.16. The van der Waals surface area contributed by atoms with E-state index in [1.54, 1.807) is 13.8 Å². The van der Waals surface area contributed by atoms with Crippen molar-refractivity contribution in [2.75, 3.05) is 13.2 Å². The highest BCUT2D eigenvalue weighted by Crippen LogP contribution is 1.99. The van der Waals surface area contributed by atoms with Crippen LogP contribution < -0.4 is 0 Å². The standard InChI is InChI=1S/C11H20O3/c1-8(2)7-14-6-5-10(12)11(13)9(3)4/h8-9H,5-7H2,1-4H3. The molecule has 0 aromatic carbocycles. The quantitative estimate of drug-likeness (QED) is 0.465. The first-order valence-electron chi connectivity index (χ1n) is 5.10. The van der Waals surface area contributed by atoms with Gasteiger partial charge >= 0.3 is 0 Å². The minimum absolute atomic E-state index is 0.201. The van der Waals surface area contributed by atoms with Crippen LogP contribution in [-0.2, 0) is 14.3 Å². The van der Waals surface area contributed by atoms with Crippen LogP contribution in [0.5, 0.6) is 0 Å². The van der Waals surface area contributed by atoms with E-state index in [4.69, 9.17) is 4.74 Å². The van der Waals surface area contributed by atoms with Crippen LogP contribution in [-0.4, -0.2) is 24.8 Å². The van der Waals surface area contributed by atoms with Crippen molar-refractivity contribution in [1.82, 2.24) is 0 Å². The molecule has 0 aliphatic carbocycles. The Hall–Kier alpha value is -0.700. The molecule has 0 rings (SSSR count). The smallest absolute Gasteiger partial charge is 0.200 e. The van der Waals surface area contributed by atoms with Gasteiger partial charge in [-0.15, -0.1) is 0 Å². The van der Waals surface area contributed by atoms with Crippen LogP contribution in [0, 0.1) is 11.8 Å². The first-order valence-corrected chi connectivity index (χ1v) is 5.10. The molecule has 0 spiro atoms. The molecule has 0 aliphatic heterocycles. The van der Waals surface area contributed by atoms with E-state index in [9.17, 15) is 9.59 Å². The highest BCUT2D eigenvalue weighted by atomic mass is 16.5. The van der Waals surface area contributed by atoms with Crippen LogP contribution in [0.25, 0.3) is 0 Å². The van der Waals surface area contributed by atoms with Gasteiger partial charge in [0.15, 0.2) is 0 Å². The summed E-state index contributed by atoms with van der Waals surface area (Å²) in [6.07, 6.45) is 0.212. The summed E-state index contributed by atoms with van der Waals surface area (Å²) in [6.45, 7) is 8.55. The molecule has 0 saturated carbocycles. The van der Waals surface area contributed by atoms with Crippen molar-refractivity contribution >= 4 is 11.6 Å². The zero-order valence-corrected chi connectivity index (χ0v) is 9.50. The summed E-state index contributed by atoms with van der Waals surface area (Å²) in [7, 11) is 0. The second kappa shape index (κ2) is 6.71. The normalized spacial score (nSPS) is 11.0. The third-order valence-electron chi connectivity index (χ3n) is 1.72. The molecule has 0 aromatic heterocycles. The second-order valence-electron chi connectivity index (χ2n) is 4.16. The molecule has 0 saturated heterocycles. The number of carbonyl (C=O) groups is 2. The Morgan fingerprint density at radius 3 is 2.14 bits per heavy atom. The molecule has 0 unspecified atom stereocenters. The third-order valence-corrected chi connectivity index (χ3v) is 1.72. The van der Waals surface area contributed by atoms with Gasteiger partial charge in [0.25, 0.3) is 0 Å².